The smallest absolute Gasteiger partial charge is 0.335 e. The molecule has 0 spiro atoms. The summed E-state index contributed by atoms with van der Waals surface area (Å²) < 4.78 is 19.7. The maximum absolute atomic E-state index is 11.2. The van der Waals surface area contributed by atoms with Crippen LogP contribution < -0.4 is 27.7 Å². The van der Waals surface area contributed by atoms with E-state index >= 15 is 0 Å². The van der Waals surface area contributed by atoms with Crippen molar-refractivity contribution in [2.75, 3.05) is 14.2 Å². The number of pyridine rings is 4. The van der Waals surface area contributed by atoms with E-state index < -0.39 is 11.9 Å². The van der Waals surface area contributed by atoms with Crippen molar-refractivity contribution in [1.82, 2.24) is 0 Å². The lowest BCUT2D eigenvalue weighted by atomic mass is 10.0. The number of carboxylic acid groups (broad SMARTS) is 2. The van der Waals surface area contributed by atoms with Crippen molar-refractivity contribution in [2.24, 2.45) is 0 Å². The van der Waals surface area contributed by atoms with Gasteiger partial charge in [0.2, 0.25) is 11.4 Å². The highest BCUT2D eigenvalue weighted by Gasteiger charge is 2.19. The average Bonchev–Trinajstić information content (AvgIpc) is 3.29. The summed E-state index contributed by atoms with van der Waals surface area (Å²) in [5.41, 5.74) is 10.2. The number of ether oxygens (including phenoxy) is 2. The van der Waals surface area contributed by atoms with Crippen LogP contribution in [0.2, 0.25) is 0 Å². The third-order valence-corrected chi connectivity index (χ3v) is 10.1. The molecular formula is C48H38N4O6+4. The molecule has 8 rings (SSSR count). The lowest BCUT2D eigenvalue weighted by Crippen LogP contribution is -2.30. The lowest BCUT2D eigenvalue weighted by Gasteiger charge is -2.10. The van der Waals surface area contributed by atoms with Gasteiger partial charge in [0.05, 0.1) is 25.3 Å². The zero-order valence-electron chi connectivity index (χ0n) is 31.6. The molecule has 4 heterocycles. The van der Waals surface area contributed by atoms with E-state index in [2.05, 4.69) is 36.4 Å². The van der Waals surface area contributed by atoms with Crippen LogP contribution in [-0.2, 0) is 0 Å². The van der Waals surface area contributed by atoms with Gasteiger partial charge in [-0.2, -0.15) is 18.3 Å². The van der Waals surface area contributed by atoms with Gasteiger partial charge in [0.15, 0.2) is 61.1 Å². The molecule has 10 heteroatoms. The molecule has 4 aromatic carbocycles. The molecule has 0 unspecified atom stereocenters. The second-order valence-corrected chi connectivity index (χ2v) is 13.5. The Morgan fingerprint density at radius 2 is 0.672 bits per heavy atom. The molecule has 2 N–H and O–H groups in total. The minimum Gasteiger partial charge on any atom is -0.490 e. The number of hydrogen-bond acceptors (Lipinski definition) is 4. The first kappa shape index (κ1) is 37.0. The maximum Gasteiger partial charge on any atom is 0.335 e. The molecule has 4 aromatic heterocycles. The number of carbonyl (C=O) groups is 2. The number of hydrogen-bond donors (Lipinski definition) is 2. The first-order chi connectivity index (χ1) is 28.3. The highest BCUT2D eigenvalue weighted by atomic mass is 16.5. The third-order valence-electron chi connectivity index (χ3n) is 10.1. The summed E-state index contributed by atoms with van der Waals surface area (Å²) in [5.74, 6) is -0.446. The lowest BCUT2D eigenvalue weighted by molar-refractivity contribution is -0.596. The van der Waals surface area contributed by atoms with Crippen LogP contribution in [0.5, 0.6) is 11.5 Å². The quantitative estimate of drug-likeness (QED) is 0.135. The van der Waals surface area contributed by atoms with Crippen LogP contribution in [0.25, 0.3) is 56.1 Å². The molecule has 0 radical (unpaired) electrons. The van der Waals surface area contributed by atoms with Gasteiger partial charge in [-0.15, -0.1) is 0 Å². The Balaban J connectivity index is 0.965. The number of methoxy groups -OCH3 is 2. The molecule has 8 aromatic rings. The van der Waals surface area contributed by atoms with Crippen LogP contribution in [-0.4, -0.2) is 36.4 Å². The van der Waals surface area contributed by atoms with Gasteiger partial charge in [0.1, 0.15) is 0 Å². The first-order valence-corrected chi connectivity index (χ1v) is 18.4. The number of rotatable bonds is 11. The highest BCUT2D eigenvalue weighted by molar-refractivity contribution is 5.88. The van der Waals surface area contributed by atoms with Crippen LogP contribution in [0.3, 0.4) is 0 Å². The number of aromatic carboxylic acids is 2. The van der Waals surface area contributed by atoms with Crippen LogP contribution in [0.15, 0.2) is 183 Å². The Morgan fingerprint density at radius 1 is 0.379 bits per heavy atom. The van der Waals surface area contributed by atoms with E-state index in [1.54, 1.807) is 62.8 Å². The minimum atomic E-state index is -0.946. The van der Waals surface area contributed by atoms with Crippen LogP contribution in [0, 0.1) is 0 Å². The SMILES string of the molecule is COc1cc(-c2ccc(-[n+]3ccc(-c4cc[n+](-c5ccc(C(=O)O)cc5)cc4)cc3)c(OC)c2)ccc1-[n+]1ccc(-c2cc[n+](-c3ccc(C(=O)O)cc3)cc2)cc1. The zero-order chi connectivity index (χ0) is 40.2. The topological polar surface area (TPSA) is 109 Å². The van der Waals surface area contributed by atoms with Gasteiger partial charge in [-0.25, -0.2) is 9.59 Å². The van der Waals surface area contributed by atoms with E-state index in [-0.39, 0.29) is 11.1 Å². The van der Waals surface area contributed by atoms with Gasteiger partial charge < -0.3 is 19.7 Å². The Labute approximate surface area is 334 Å². The van der Waals surface area contributed by atoms with Gasteiger partial charge in [-0.05, 0) is 81.9 Å². The second kappa shape index (κ2) is 16.0. The van der Waals surface area contributed by atoms with Gasteiger partial charge >= 0.3 is 11.9 Å². The summed E-state index contributed by atoms with van der Waals surface area (Å²) >= 11 is 0. The Hall–Kier alpha value is -7.98. The first-order valence-electron chi connectivity index (χ1n) is 18.4. The van der Waals surface area contributed by atoms with E-state index in [4.69, 9.17) is 9.47 Å². The summed E-state index contributed by atoms with van der Waals surface area (Å²) in [4.78, 5) is 22.4. The van der Waals surface area contributed by atoms with Crippen molar-refractivity contribution in [3.05, 3.63) is 194 Å². The highest BCUT2D eigenvalue weighted by Crippen LogP contribution is 2.32. The van der Waals surface area contributed by atoms with Crippen LogP contribution in [0.1, 0.15) is 20.7 Å². The van der Waals surface area contributed by atoms with Gasteiger partial charge in [-0.3, -0.25) is 0 Å². The summed E-state index contributed by atoms with van der Waals surface area (Å²) in [6, 6.07) is 42.2. The van der Waals surface area contributed by atoms with Crippen molar-refractivity contribution in [3.63, 3.8) is 0 Å². The summed E-state index contributed by atoms with van der Waals surface area (Å²) in [7, 11) is 3.34. The fraction of sp³-hybridized carbons (Fsp3) is 0.0417. The molecule has 0 amide bonds. The monoisotopic (exact) mass is 766 g/mol. The molecule has 58 heavy (non-hydrogen) atoms. The Morgan fingerprint density at radius 3 is 0.948 bits per heavy atom. The van der Waals surface area contributed by atoms with Gasteiger partial charge in [0, 0.05) is 84.9 Å². The van der Waals surface area contributed by atoms with E-state index in [1.165, 1.54) is 0 Å². The zero-order valence-corrected chi connectivity index (χ0v) is 31.6. The summed E-state index contributed by atoms with van der Waals surface area (Å²) in [6.45, 7) is 0. The van der Waals surface area contributed by atoms with Crippen molar-refractivity contribution in [3.8, 4) is 67.6 Å². The Kier molecular flexibility index (Phi) is 10.2. The number of nitrogens with zero attached hydrogens (tertiary/aromatic N) is 4. The number of carboxylic acids is 2. The predicted octanol–water partition coefficient (Wildman–Crippen LogP) is 7.21. The number of benzene rings is 4. The van der Waals surface area contributed by atoms with Crippen molar-refractivity contribution >= 4 is 11.9 Å². The van der Waals surface area contributed by atoms with E-state index in [9.17, 15) is 19.8 Å². The molecule has 0 saturated heterocycles. The molecule has 10 nitrogen and oxygen atoms in total. The van der Waals surface area contributed by atoms with Gasteiger partial charge in [0.25, 0.3) is 11.4 Å². The van der Waals surface area contributed by atoms with E-state index in [1.807, 2.05) is 116 Å². The Bertz CT molecular complexity index is 2560. The van der Waals surface area contributed by atoms with Gasteiger partial charge in [-0.1, -0.05) is 0 Å². The minimum absolute atomic E-state index is 0.254. The van der Waals surface area contributed by atoms with E-state index in [0.717, 1.165) is 67.6 Å². The molecule has 0 aliphatic heterocycles. The van der Waals surface area contributed by atoms with Crippen molar-refractivity contribution in [1.29, 1.82) is 0 Å². The fourth-order valence-corrected chi connectivity index (χ4v) is 6.83. The van der Waals surface area contributed by atoms with Crippen molar-refractivity contribution in [2.45, 2.75) is 0 Å². The maximum atomic E-state index is 11.2. The molecule has 0 atom stereocenters. The fourth-order valence-electron chi connectivity index (χ4n) is 6.83. The van der Waals surface area contributed by atoms with Crippen LogP contribution >= 0.6 is 0 Å². The molecule has 0 bridgehead atoms. The normalized spacial score (nSPS) is 10.9. The average molecular weight is 767 g/mol. The molecule has 0 saturated carbocycles. The number of aromatic nitrogens is 4. The van der Waals surface area contributed by atoms with Crippen molar-refractivity contribution < 1.29 is 47.5 Å². The molecule has 0 fully saturated rings. The molecule has 282 valence electrons. The van der Waals surface area contributed by atoms with E-state index in [0.29, 0.717) is 0 Å². The summed E-state index contributed by atoms with van der Waals surface area (Å²) in [5, 5.41) is 18.4. The van der Waals surface area contributed by atoms with Crippen LogP contribution in [0.4, 0.5) is 0 Å². The molecule has 0 aliphatic rings. The summed E-state index contributed by atoms with van der Waals surface area (Å²) in [6.07, 6.45) is 15.9. The largest absolute Gasteiger partial charge is 0.490 e. The standard InChI is InChI=1S/C48H36N4O6/c1-57-45-31-39(7-13-43(45)51-27-19-35(20-28-51)33-15-23-49(24-16-33)41-9-3-37(4-10-41)47(53)54)40-8-14-44(46(32-40)58-2)52-29-21-36(22-30-52)34-17-25-50(26-18-34)42-11-5-38(6-12-42)48(55)56/h3-32H,1-2H3/q+2/p+2. The third kappa shape index (κ3) is 7.62. The second-order valence-electron chi connectivity index (χ2n) is 13.5. The molecular weight excluding hydrogens is 729 g/mol. The molecule has 0 aliphatic carbocycles. The predicted molar refractivity (Wildman–Crippen MR) is 216 cm³/mol.